The molecule has 0 fully saturated rings. The number of aliphatic hydroxyl groups excluding tert-OH is 1. The van der Waals surface area contributed by atoms with Crippen LogP contribution in [0, 0.1) is 0 Å². The zero-order valence-electron chi connectivity index (χ0n) is 11.1. The minimum absolute atomic E-state index is 0.0344. The molecule has 0 aliphatic carbocycles. The lowest BCUT2D eigenvalue weighted by Gasteiger charge is -2.19. The first-order chi connectivity index (χ1) is 9.24. The molecule has 104 valence electrons. The van der Waals surface area contributed by atoms with Crippen LogP contribution in [0.1, 0.15) is 12.0 Å². The third-order valence-corrected chi connectivity index (χ3v) is 3.28. The summed E-state index contributed by atoms with van der Waals surface area (Å²) in [7, 11) is 1.58. The molecule has 1 amide bonds. The third kappa shape index (κ3) is 3.45. The average Bonchev–Trinajstić information content (AvgIpc) is 2.83. The maximum Gasteiger partial charge on any atom is 0.243 e. The largest absolute Gasteiger partial charge is 0.396 e. The van der Waals surface area contributed by atoms with E-state index in [1.54, 1.807) is 7.11 Å². The number of anilines is 1. The summed E-state index contributed by atoms with van der Waals surface area (Å²) in [6.07, 6.45) is 1.19. The molecule has 1 aromatic rings. The number of carbonyl (C=O) groups excluding carboxylic acids is 1. The number of amides is 1. The van der Waals surface area contributed by atoms with Crippen molar-refractivity contribution in [3.05, 3.63) is 29.8 Å². The first kappa shape index (κ1) is 13.8. The Bertz CT molecular complexity index is 405. The van der Waals surface area contributed by atoms with Crippen LogP contribution in [0.25, 0.3) is 0 Å². The molecule has 3 N–H and O–H groups in total. The summed E-state index contributed by atoms with van der Waals surface area (Å²) in [4.78, 5) is 12.2. The number of carbonyl (C=O) groups is 1. The van der Waals surface area contributed by atoms with Crippen molar-refractivity contribution in [3.8, 4) is 0 Å². The molecule has 0 saturated heterocycles. The number of aliphatic hydroxyl groups is 1. The minimum Gasteiger partial charge on any atom is -0.396 e. The first-order valence-corrected chi connectivity index (χ1v) is 6.49. The van der Waals surface area contributed by atoms with Crippen LogP contribution in [0.5, 0.6) is 0 Å². The Morgan fingerprint density at radius 1 is 1.58 bits per heavy atom. The molecule has 5 heteroatoms. The Kier molecular flexibility index (Phi) is 4.76. The van der Waals surface area contributed by atoms with Crippen molar-refractivity contribution in [2.45, 2.75) is 24.9 Å². The molecule has 0 radical (unpaired) electrons. The zero-order chi connectivity index (χ0) is 13.7. The highest BCUT2D eigenvalue weighted by Crippen LogP contribution is 2.25. The van der Waals surface area contributed by atoms with Gasteiger partial charge in [-0.3, -0.25) is 4.79 Å². The van der Waals surface area contributed by atoms with E-state index in [0.29, 0.717) is 19.4 Å². The quantitative estimate of drug-likeness (QED) is 0.701. The number of hydrogen-bond acceptors (Lipinski definition) is 4. The minimum atomic E-state index is -0.240. The highest BCUT2D eigenvalue weighted by molar-refractivity contribution is 5.87. The van der Waals surface area contributed by atoms with Gasteiger partial charge in [0.1, 0.15) is 6.04 Å². The monoisotopic (exact) mass is 264 g/mol. The summed E-state index contributed by atoms with van der Waals surface area (Å²) in [6, 6.07) is 7.54. The number of fused-ring (bicyclic) bond motifs is 1. The molecule has 19 heavy (non-hydrogen) atoms. The van der Waals surface area contributed by atoms with Gasteiger partial charge in [0.05, 0.1) is 12.6 Å². The highest BCUT2D eigenvalue weighted by Gasteiger charge is 2.27. The number of hydrogen-bond donors (Lipinski definition) is 3. The maximum absolute atomic E-state index is 12.2. The molecule has 1 aliphatic rings. The fourth-order valence-corrected chi connectivity index (χ4v) is 2.31. The first-order valence-electron chi connectivity index (χ1n) is 6.49. The van der Waals surface area contributed by atoms with Crippen molar-refractivity contribution in [2.75, 3.05) is 25.6 Å². The molecule has 5 nitrogen and oxygen atoms in total. The van der Waals surface area contributed by atoms with Crippen LogP contribution in [0.15, 0.2) is 24.3 Å². The van der Waals surface area contributed by atoms with Gasteiger partial charge in [0, 0.05) is 25.8 Å². The van der Waals surface area contributed by atoms with Gasteiger partial charge in [0.2, 0.25) is 5.91 Å². The molecule has 0 spiro atoms. The Morgan fingerprint density at radius 3 is 3.05 bits per heavy atom. The number of ether oxygens (including phenoxy) is 1. The molecule has 0 saturated carbocycles. The predicted molar refractivity (Wildman–Crippen MR) is 73.1 cm³/mol. The Hall–Kier alpha value is -1.59. The van der Waals surface area contributed by atoms with E-state index < -0.39 is 0 Å². The predicted octanol–water partition coefficient (Wildman–Crippen LogP) is 0.537. The van der Waals surface area contributed by atoms with Crippen LogP contribution >= 0.6 is 0 Å². The molecule has 1 aliphatic heterocycles. The topological polar surface area (TPSA) is 70.6 Å². The van der Waals surface area contributed by atoms with Crippen LogP contribution in [-0.4, -0.2) is 43.4 Å². The lowest BCUT2D eigenvalue weighted by atomic mass is 10.1. The molecular weight excluding hydrogens is 244 g/mol. The molecule has 2 atom stereocenters. The molecule has 1 unspecified atom stereocenters. The van der Waals surface area contributed by atoms with E-state index in [-0.39, 0.29) is 24.6 Å². The summed E-state index contributed by atoms with van der Waals surface area (Å²) < 4.78 is 5.04. The van der Waals surface area contributed by atoms with Crippen LogP contribution in [0.2, 0.25) is 0 Å². The maximum atomic E-state index is 12.2. The van der Waals surface area contributed by atoms with Crippen molar-refractivity contribution in [2.24, 2.45) is 0 Å². The summed E-state index contributed by atoms with van der Waals surface area (Å²) in [5.74, 6) is -0.0494. The lowest BCUT2D eigenvalue weighted by molar-refractivity contribution is -0.122. The van der Waals surface area contributed by atoms with Crippen LogP contribution in [0.4, 0.5) is 5.69 Å². The van der Waals surface area contributed by atoms with Crippen LogP contribution < -0.4 is 10.6 Å². The lowest BCUT2D eigenvalue weighted by Crippen LogP contribution is -2.46. The van der Waals surface area contributed by atoms with E-state index in [1.165, 1.54) is 0 Å². The van der Waals surface area contributed by atoms with Gasteiger partial charge in [-0.2, -0.15) is 0 Å². The SMILES string of the molecule is COCC(CCO)NC(=O)[C@@H]1Cc2ccccc2N1. The van der Waals surface area contributed by atoms with Gasteiger partial charge < -0.3 is 20.5 Å². The van der Waals surface area contributed by atoms with E-state index >= 15 is 0 Å². The summed E-state index contributed by atoms with van der Waals surface area (Å²) in [5, 5.41) is 15.1. The molecule has 0 bridgehead atoms. The van der Waals surface area contributed by atoms with Crippen LogP contribution in [0.3, 0.4) is 0 Å². The number of para-hydroxylation sites is 1. The van der Waals surface area contributed by atoms with E-state index in [4.69, 9.17) is 9.84 Å². The zero-order valence-corrected chi connectivity index (χ0v) is 11.1. The second-order valence-electron chi connectivity index (χ2n) is 4.73. The van der Waals surface area contributed by atoms with Gasteiger partial charge in [0.25, 0.3) is 0 Å². The van der Waals surface area contributed by atoms with Gasteiger partial charge in [-0.1, -0.05) is 18.2 Å². The van der Waals surface area contributed by atoms with E-state index in [9.17, 15) is 4.79 Å². The molecular formula is C14H20N2O3. The van der Waals surface area contributed by atoms with E-state index in [2.05, 4.69) is 10.6 Å². The number of methoxy groups -OCH3 is 1. The summed E-state index contributed by atoms with van der Waals surface area (Å²) in [5.41, 5.74) is 2.18. The molecule has 1 aromatic carbocycles. The van der Waals surface area contributed by atoms with Crippen molar-refractivity contribution < 1.29 is 14.6 Å². The molecule has 0 aromatic heterocycles. The number of nitrogens with one attached hydrogen (secondary N) is 2. The normalized spacial score (nSPS) is 18.5. The number of benzene rings is 1. The highest BCUT2D eigenvalue weighted by atomic mass is 16.5. The van der Waals surface area contributed by atoms with Gasteiger partial charge >= 0.3 is 0 Å². The van der Waals surface area contributed by atoms with Crippen molar-refractivity contribution in [1.82, 2.24) is 5.32 Å². The standard InChI is InChI=1S/C14H20N2O3/c1-19-9-11(6-7-17)15-14(18)13-8-10-4-2-3-5-12(10)16-13/h2-5,11,13,16-17H,6-9H2,1H3,(H,15,18)/t11?,13-/m0/s1. The molecule has 1 heterocycles. The average molecular weight is 264 g/mol. The van der Waals surface area contributed by atoms with E-state index in [1.807, 2.05) is 24.3 Å². The second-order valence-corrected chi connectivity index (χ2v) is 4.73. The van der Waals surface area contributed by atoms with Gasteiger partial charge in [-0.25, -0.2) is 0 Å². The number of rotatable bonds is 6. The summed E-state index contributed by atoms with van der Waals surface area (Å²) >= 11 is 0. The smallest absolute Gasteiger partial charge is 0.243 e. The van der Waals surface area contributed by atoms with Crippen LogP contribution in [-0.2, 0) is 16.0 Å². The van der Waals surface area contributed by atoms with Crippen molar-refractivity contribution in [1.29, 1.82) is 0 Å². The Morgan fingerprint density at radius 2 is 2.37 bits per heavy atom. The second kappa shape index (κ2) is 6.54. The van der Waals surface area contributed by atoms with Gasteiger partial charge in [-0.05, 0) is 18.1 Å². The van der Waals surface area contributed by atoms with Gasteiger partial charge in [0.15, 0.2) is 0 Å². The van der Waals surface area contributed by atoms with E-state index in [0.717, 1.165) is 11.3 Å². The Balaban J connectivity index is 1.91. The third-order valence-electron chi connectivity index (χ3n) is 3.28. The van der Waals surface area contributed by atoms with Gasteiger partial charge in [-0.15, -0.1) is 0 Å². The van der Waals surface area contributed by atoms with Crippen molar-refractivity contribution >= 4 is 11.6 Å². The summed E-state index contributed by atoms with van der Waals surface area (Å²) in [6.45, 7) is 0.443. The van der Waals surface area contributed by atoms with Crippen molar-refractivity contribution in [3.63, 3.8) is 0 Å². The molecule has 2 rings (SSSR count). The fraction of sp³-hybridized carbons (Fsp3) is 0.500. The Labute approximate surface area is 113 Å². The fourth-order valence-electron chi connectivity index (χ4n) is 2.31.